The number of benzene rings is 1. The van der Waals surface area contributed by atoms with Crippen molar-refractivity contribution in [1.82, 2.24) is 5.32 Å². The van der Waals surface area contributed by atoms with Gasteiger partial charge in [-0.15, -0.1) is 0 Å². The van der Waals surface area contributed by atoms with Crippen molar-refractivity contribution in [1.29, 1.82) is 0 Å². The molecule has 1 saturated heterocycles. The molecule has 1 aliphatic carbocycles. The maximum atomic E-state index is 6.26. The van der Waals surface area contributed by atoms with Gasteiger partial charge in [0.2, 0.25) is 0 Å². The standard InChI is InChI=1S/C17H24BrNO2/c18-15-3-1-2-14(10-15)17(11-19-16-4-5-16)21-12-13-6-8-20-9-7-13/h1-3,10,13,16-17,19H,4-9,11-12H2. The summed E-state index contributed by atoms with van der Waals surface area (Å²) in [5, 5.41) is 3.60. The van der Waals surface area contributed by atoms with Crippen LogP contribution >= 0.6 is 15.9 Å². The maximum absolute atomic E-state index is 6.26. The molecule has 1 N–H and O–H groups in total. The Kier molecular flexibility index (Phi) is 5.69. The van der Waals surface area contributed by atoms with Gasteiger partial charge in [0, 0.05) is 30.3 Å². The topological polar surface area (TPSA) is 30.5 Å². The fourth-order valence-corrected chi connectivity index (χ4v) is 3.12. The third-order valence-corrected chi connectivity index (χ3v) is 4.76. The molecular formula is C17H24BrNO2. The predicted molar refractivity (Wildman–Crippen MR) is 87.4 cm³/mol. The minimum absolute atomic E-state index is 0.144. The molecule has 1 aliphatic heterocycles. The molecule has 0 aromatic heterocycles. The molecule has 1 unspecified atom stereocenters. The lowest BCUT2D eigenvalue weighted by Gasteiger charge is -2.25. The SMILES string of the molecule is Brc1cccc(C(CNC2CC2)OCC2CCOCC2)c1. The van der Waals surface area contributed by atoms with E-state index in [2.05, 4.69) is 45.5 Å². The molecule has 0 spiro atoms. The Labute approximate surface area is 135 Å². The molecular weight excluding hydrogens is 330 g/mol. The van der Waals surface area contributed by atoms with Crippen molar-refractivity contribution < 1.29 is 9.47 Å². The third-order valence-electron chi connectivity index (χ3n) is 4.26. The fraction of sp³-hybridized carbons (Fsp3) is 0.647. The van der Waals surface area contributed by atoms with Crippen LogP contribution in [0.4, 0.5) is 0 Å². The molecule has 2 fully saturated rings. The van der Waals surface area contributed by atoms with Gasteiger partial charge in [0.05, 0.1) is 12.7 Å². The van der Waals surface area contributed by atoms with Gasteiger partial charge in [-0.3, -0.25) is 0 Å². The highest BCUT2D eigenvalue weighted by molar-refractivity contribution is 9.10. The van der Waals surface area contributed by atoms with Gasteiger partial charge in [-0.2, -0.15) is 0 Å². The second-order valence-corrected chi connectivity index (χ2v) is 7.03. The van der Waals surface area contributed by atoms with Crippen LogP contribution in [0.2, 0.25) is 0 Å². The molecule has 116 valence electrons. The molecule has 0 amide bonds. The summed E-state index contributed by atoms with van der Waals surface area (Å²) in [5.41, 5.74) is 1.25. The highest BCUT2D eigenvalue weighted by Crippen LogP contribution is 2.25. The average molecular weight is 354 g/mol. The van der Waals surface area contributed by atoms with Crippen LogP contribution in [0.1, 0.15) is 37.4 Å². The number of nitrogens with one attached hydrogen (secondary N) is 1. The number of hydrogen-bond donors (Lipinski definition) is 1. The molecule has 2 aliphatic rings. The summed E-state index contributed by atoms with van der Waals surface area (Å²) in [4.78, 5) is 0. The second-order valence-electron chi connectivity index (χ2n) is 6.12. The molecule has 21 heavy (non-hydrogen) atoms. The molecule has 1 heterocycles. The lowest BCUT2D eigenvalue weighted by atomic mass is 10.0. The first-order valence-electron chi connectivity index (χ1n) is 7.99. The Morgan fingerprint density at radius 3 is 2.76 bits per heavy atom. The minimum atomic E-state index is 0.144. The van der Waals surface area contributed by atoms with Crippen LogP contribution in [-0.2, 0) is 9.47 Å². The summed E-state index contributed by atoms with van der Waals surface area (Å²) in [7, 11) is 0. The minimum Gasteiger partial charge on any atom is -0.381 e. The van der Waals surface area contributed by atoms with E-state index in [9.17, 15) is 0 Å². The molecule has 1 aromatic carbocycles. The van der Waals surface area contributed by atoms with Crippen molar-refractivity contribution in [3.05, 3.63) is 34.3 Å². The van der Waals surface area contributed by atoms with Crippen molar-refractivity contribution >= 4 is 15.9 Å². The van der Waals surface area contributed by atoms with Gasteiger partial charge in [0.15, 0.2) is 0 Å². The van der Waals surface area contributed by atoms with Crippen LogP contribution in [0.15, 0.2) is 28.7 Å². The maximum Gasteiger partial charge on any atom is 0.0949 e. The molecule has 0 radical (unpaired) electrons. The van der Waals surface area contributed by atoms with Gasteiger partial charge in [0.1, 0.15) is 0 Å². The zero-order chi connectivity index (χ0) is 14.5. The van der Waals surface area contributed by atoms with E-state index in [4.69, 9.17) is 9.47 Å². The van der Waals surface area contributed by atoms with E-state index in [1.807, 2.05) is 0 Å². The Bertz CT molecular complexity index is 444. The number of ether oxygens (including phenoxy) is 2. The highest BCUT2D eigenvalue weighted by Gasteiger charge is 2.24. The van der Waals surface area contributed by atoms with Crippen LogP contribution < -0.4 is 5.32 Å². The number of rotatable bonds is 7. The van der Waals surface area contributed by atoms with E-state index in [0.717, 1.165) is 43.7 Å². The molecule has 1 aromatic rings. The summed E-state index contributed by atoms with van der Waals surface area (Å²) < 4.78 is 12.8. The van der Waals surface area contributed by atoms with Gasteiger partial charge in [-0.05, 0) is 49.3 Å². The molecule has 3 rings (SSSR count). The van der Waals surface area contributed by atoms with E-state index in [0.29, 0.717) is 12.0 Å². The summed E-state index contributed by atoms with van der Waals surface area (Å²) in [6, 6.07) is 9.19. The Morgan fingerprint density at radius 2 is 2.05 bits per heavy atom. The normalized spacial score (nSPS) is 21.4. The smallest absolute Gasteiger partial charge is 0.0949 e. The molecule has 1 atom stereocenters. The van der Waals surface area contributed by atoms with Crippen molar-refractivity contribution in [2.24, 2.45) is 5.92 Å². The van der Waals surface area contributed by atoms with E-state index in [-0.39, 0.29) is 6.10 Å². The van der Waals surface area contributed by atoms with Gasteiger partial charge < -0.3 is 14.8 Å². The number of halogens is 1. The summed E-state index contributed by atoms with van der Waals surface area (Å²) in [6.45, 7) is 3.52. The Balaban J connectivity index is 1.57. The van der Waals surface area contributed by atoms with Gasteiger partial charge in [0.25, 0.3) is 0 Å². The lowest BCUT2D eigenvalue weighted by Crippen LogP contribution is -2.28. The van der Waals surface area contributed by atoms with E-state index in [1.165, 1.54) is 18.4 Å². The van der Waals surface area contributed by atoms with E-state index < -0.39 is 0 Å². The fourth-order valence-electron chi connectivity index (χ4n) is 2.71. The molecule has 0 bridgehead atoms. The Morgan fingerprint density at radius 1 is 1.24 bits per heavy atom. The summed E-state index contributed by atoms with van der Waals surface area (Å²) in [5.74, 6) is 0.648. The van der Waals surface area contributed by atoms with Crippen molar-refractivity contribution in [2.45, 2.75) is 37.8 Å². The zero-order valence-electron chi connectivity index (χ0n) is 12.4. The first kappa shape index (κ1) is 15.5. The van der Waals surface area contributed by atoms with Crippen LogP contribution in [0.3, 0.4) is 0 Å². The summed E-state index contributed by atoms with van der Waals surface area (Å²) >= 11 is 3.56. The van der Waals surface area contributed by atoms with Crippen molar-refractivity contribution in [3.63, 3.8) is 0 Å². The molecule has 4 heteroatoms. The van der Waals surface area contributed by atoms with Crippen LogP contribution in [0.25, 0.3) is 0 Å². The van der Waals surface area contributed by atoms with Crippen molar-refractivity contribution in [3.8, 4) is 0 Å². The van der Waals surface area contributed by atoms with E-state index >= 15 is 0 Å². The molecule has 1 saturated carbocycles. The molecule has 3 nitrogen and oxygen atoms in total. The van der Waals surface area contributed by atoms with E-state index in [1.54, 1.807) is 0 Å². The second kappa shape index (κ2) is 7.73. The quantitative estimate of drug-likeness (QED) is 0.810. The largest absolute Gasteiger partial charge is 0.381 e. The first-order chi connectivity index (χ1) is 10.3. The first-order valence-corrected chi connectivity index (χ1v) is 8.79. The Hall–Kier alpha value is -0.420. The highest BCUT2D eigenvalue weighted by atomic mass is 79.9. The third kappa shape index (κ3) is 5.06. The predicted octanol–water partition coefficient (Wildman–Crippen LogP) is 3.69. The average Bonchev–Trinajstić information content (AvgIpc) is 3.32. The monoisotopic (exact) mass is 353 g/mol. The zero-order valence-corrected chi connectivity index (χ0v) is 14.0. The van der Waals surface area contributed by atoms with Gasteiger partial charge >= 0.3 is 0 Å². The lowest BCUT2D eigenvalue weighted by molar-refractivity contribution is -0.0115. The number of hydrogen-bond acceptors (Lipinski definition) is 3. The summed E-state index contributed by atoms with van der Waals surface area (Å²) in [6.07, 6.45) is 5.02. The van der Waals surface area contributed by atoms with Crippen LogP contribution in [0.5, 0.6) is 0 Å². The van der Waals surface area contributed by atoms with Gasteiger partial charge in [-0.25, -0.2) is 0 Å². The van der Waals surface area contributed by atoms with Gasteiger partial charge in [-0.1, -0.05) is 28.1 Å². The van der Waals surface area contributed by atoms with Crippen molar-refractivity contribution in [2.75, 3.05) is 26.4 Å². The van der Waals surface area contributed by atoms with Crippen LogP contribution in [0, 0.1) is 5.92 Å². The van der Waals surface area contributed by atoms with Crippen LogP contribution in [-0.4, -0.2) is 32.4 Å².